The minimum atomic E-state index is -1.72. The average Bonchev–Trinajstić information content (AvgIpc) is 2.72. The first-order valence-electron chi connectivity index (χ1n) is 11.8. The van der Waals surface area contributed by atoms with E-state index in [1.807, 2.05) is 0 Å². The van der Waals surface area contributed by atoms with Crippen LogP contribution in [0.1, 0.15) is 110 Å². The number of carbonyl (C=O) groups is 1. The van der Waals surface area contributed by atoms with E-state index in [4.69, 9.17) is 4.74 Å². The lowest BCUT2D eigenvalue weighted by Gasteiger charge is -2.31. The Labute approximate surface area is 177 Å². The highest BCUT2D eigenvalue weighted by Gasteiger charge is 2.39. The Morgan fingerprint density at radius 1 is 0.690 bits per heavy atom. The third-order valence-electron chi connectivity index (χ3n) is 5.70. The van der Waals surface area contributed by atoms with Crippen LogP contribution in [0.2, 0.25) is 0 Å². The Kier molecular flexibility index (Phi) is 18.8. The summed E-state index contributed by atoms with van der Waals surface area (Å²) in [4.78, 5) is 11.8. The summed E-state index contributed by atoms with van der Waals surface area (Å²) in [6, 6.07) is 0. The van der Waals surface area contributed by atoms with E-state index >= 15 is 0 Å². The maximum atomic E-state index is 11.8. The second-order valence-corrected chi connectivity index (χ2v) is 8.38. The van der Waals surface area contributed by atoms with Crippen molar-refractivity contribution in [1.82, 2.24) is 0 Å². The van der Waals surface area contributed by atoms with Crippen LogP contribution in [0.3, 0.4) is 0 Å². The Bertz CT molecular complexity index is 362. The fraction of sp³-hybridized carbons (Fsp3) is 0.957. The number of hydrogen-bond donors (Lipinski definition) is 4. The van der Waals surface area contributed by atoms with Gasteiger partial charge in [0, 0.05) is 6.42 Å². The van der Waals surface area contributed by atoms with Gasteiger partial charge < -0.3 is 25.2 Å². The molecule has 0 amide bonds. The van der Waals surface area contributed by atoms with Crippen LogP contribution in [0.25, 0.3) is 0 Å². The predicted molar refractivity (Wildman–Crippen MR) is 115 cm³/mol. The molecule has 0 saturated carbocycles. The number of carbonyl (C=O) groups excluding carboxylic acids is 1. The third kappa shape index (κ3) is 14.0. The van der Waals surface area contributed by atoms with Crippen LogP contribution in [-0.2, 0) is 9.53 Å². The molecule has 0 rings (SSSR count). The van der Waals surface area contributed by atoms with Gasteiger partial charge in [-0.05, 0) is 6.42 Å². The van der Waals surface area contributed by atoms with Crippen LogP contribution in [0.15, 0.2) is 0 Å². The second kappa shape index (κ2) is 19.3. The van der Waals surface area contributed by atoms with Gasteiger partial charge in [-0.25, -0.2) is 0 Å². The SMILES string of the molecule is CCCCCCCCCCCCCCCCCC(=O)OC(O)C(CO)(CO)CO. The molecule has 0 radical (unpaired) electrons. The highest BCUT2D eigenvalue weighted by molar-refractivity contribution is 5.69. The summed E-state index contributed by atoms with van der Waals surface area (Å²) in [6.07, 6.45) is 17.2. The zero-order chi connectivity index (χ0) is 21.8. The molecule has 6 heteroatoms. The lowest BCUT2D eigenvalue weighted by molar-refractivity contribution is -0.214. The minimum Gasteiger partial charge on any atom is -0.435 e. The van der Waals surface area contributed by atoms with E-state index in [9.17, 15) is 25.2 Å². The molecule has 0 spiro atoms. The van der Waals surface area contributed by atoms with Crippen molar-refractivity contribution in [3.05, 3.63) is 0 Å². The predicted octanol–water partition coefficient (Wildman–Crippen LogP) is 4.07. The molecule has 0 heterocycles. The molecule has 0 aromatic heterocycles. The maximum Gasteiger partial charge on any atom is 0.308 e. The van der Waals surface area contributed by atoms with E-state index in [1.54, 1.807) is 0 Å². The van der Waals surface area contributed by atoms with E-state index in [-0.39, 0.29) is 6.42 Å². The van der Waals surface area contributed by atoms with Crippen molar-refractivity contribution in [2.24, 2.45) is 5.41 Å². The van der Waals surface area contributed by atoms with E-state index in [0.29, 0.717) is 6.42 Å². The monoisotopic (exact) mass is 418 g/mol. The van der Waals surface area contributed by atoms with E-state index in [2.05, 4.69) is 6.92 Å². The molecule has 0 aromatic rings. The molecule has 0 fully saturated rings. The highest BCUT2D eigenvalue weighted by atomic mass is 16.6. The summed E-state index contributed by atoms with van der Waals surface area (Å²) in [6.45, 7) is 0.232. The number of aliphatic hydroxyl groups excluding tert-OH is 4. The average molecular weight is 419 g/mol. The molecule has 0 saturated heterocycles. The molecule has 4 N–H and O–H groups in total. The summed E-state index contributed by atoms with van der Waals surface area (Å²) in [5.74, 6) is -0.577. The standard InChI is InChI=1S/C23H46O6/c1-2-3-4-5-6-7-8-9-10-11-12-13-14-15-16-17-21(27)29-22(28)23(18-24,19-25)20-26/h22,24-26,28H,2-20H2,1H3. The van der Waals surface area contributed by atoms with Crippen molar-refractivity contribution in [2.45, 2.75) is 116 Å². The molecule has 0 aliphatic rings. The van der Waals surface area contributed by atoms with Gasteiger partial charge in [0.25, 0.3) is 0 Å². The first kappa shape index (κ1) is 28.3. The van der Waals surface area contributed by atoms with E-state index < -0.39 is 37.5 Å². The zero-order valence-corrected chi connectivity index (χ0v) is 18.6. The third-order valence-corrected chi connectivity index (χ3v) is 5.70. The van der Waals surface area contributed by atoms with Crippen LogP contribution in [-0.4, -0.2) is 52.5 Å². The molecule has 6 nitrogen and oxygen atoms in total. The lowest BCUT2D eigenvalue weighted by Crippen LogP contribution is -2.47. The van der Waals surface area contributed by atoms with Gasteiger partial charge in [-0.1, -0.05) is 96.8 Å². The highest BCUT2D eigenvalue weighted by Crippen LogP contribution is 2.22. The van der Waals surface area contributed by atoms with E-state index in [1.165, 1.54) is 77.0 Å². The lowest BCUT2D eigenvalue weighted by atomic mass is 9.90. The molecule has 1 atom stereocenters. The topological polar surface area (TPSA) is 107 Å². The van der Waals surface area contributed by atoms with Crippen molar-refractivity contribution < 1.29 is 30.0 Å². The second-order valence-electron chi connectivity index (χ2n) is 8.38. The molecule has 0 aromatic carbocycles. The molecule has 0 aliphatic heterocycles. The van der Waals surface area contributed by atoms with Gasteiger partial charge in [-0.15, -0.1) is 0 Å². The Hall–Kier alpha value is -0.690. The smallest absolute Gasteiger partial charge is 0.308 e. The van der Waals surface area contributed by atoms with Gasteiger partial charge in [0.1, 0.15) is 5.41 Å². The Balaban J connectivity index is 3.49. The van der Waals surface area contributed by atoms with Gasteiger partial charge in [-0.2, -0.15) is 0 Å². The van der Waals surface area contributed by atoms with Crippen molar-refractivity contribution in [3.63, 3.8) is 0 Å². The summed E-state index contributed by atoms with van der Waals surface area (Å²) >= 11 is 0. The number of aliphatic hydroxyl groups is 4. The van der Waals surface area contributed by atoms with Crippen LogP contribution in [0.4, 0.5) is 0 Å². The Morgan fingerprint density at radius 2 is 1.03 bits per heavy atom. The minimum absolute atomic E-state index is 0.188. The van der Waals surface area contributed by atoms with Crippen molar-refractivity contribution in [3.8, 4) is 0 Å². The zero-order valence-electron chi connectivity index (χ0n) is 18.6. The summed E-state index contributed by atoms with van der Waals surface area (Å²) < 4.78 is 4.84. The van der Waals surface area contributed by atoms with Crippen molar-refractivity contribution in [2.75, 3.05) is 19.8 Å². The number of esters is 1. The summed E-state index contributed by atoms with van der Waals surface area (Å²) in [7, 11) is 0. The van der Waals surface area contributed by atoms with Gasteiger partial charge in [0.15, 0.2) is 0 Å². The Morgan fingerprint density at radius 3 is 1.38 bits per heavy atom. The van der Waals surface area contributed by atoms with Crippen LogP contribution in [0.5, 0.6) is 0 Å². The largest absolute Gasteiger partial charge is 0.435 e. The van der Waals surface area contributed by atoms with Gasteiger partial charge in [0.05, 0.1) is 19.8 Å². The first-order valence-corrected chi connectivity index (χ1v) is 11.8. The molecular weight excluding hydrogens is 372 g/mol. The van der Waals surface area contributed by atoms with Gasteiger partial charge in [0.2, 0.25) is 6.29 Å². The number of unbranched alkanes of at least 4 members (excludes halogenated alkanes) is 14. The van der Waals surface area contributed by atoms with Crippen LogP contribution < -0.4 is 0 Å². The van der Waals surface area contributed by atoms with Crippen LogP contribution >= 0.6 is 0 Å². The molecule has 174 valence electrons. The van der Waals surface area contributed by atoms with Gasteiger partial charge >= 0.3 is 5.97 Å². The summed E-state index contributed by atoms with van der Waals surface area (Å²) in [5.41, 5.74) is -1.62. The fourth-order valence-corrected chi connectivity index (χ4v) is 3.33. The van der Waals surface area contributed by atoms with Crippen LogP contribution in [0, 0.1) is 5.41 Å². The molecule has 1 unspecified atom stereocenters. The van der Waals surface area contributed by atoms with Crippen molar-refractivity contribution in [1.29, 1.82) is 0 Å². The molecule has 29 heavy (non-hydrogen) atoms. The normalized spacial score (nSPS) is 12.9. The molecule has 0 bridgehead atoms. The fourth-order valence-electron chi connectivity index (χ4n) is 3.33. The first-order chi connectivity index (χ1) is 14.1. The van der Waals surface area contributed by atoms with Crippen molar-refractivity contribution >= 4 is 5.97 Å². The quantitative estimate of drug-likeness (QED) is 0.127. The number of hydrogen-bond acceptors (Lipinski definition) is 6. The maximum absolute atomic E-state index is 11.8. The number of ether oxygens (including phenoxy) is 1. The van der Waals surface area contributed by atoms with Gasteiger partial charge in [-0.3, -0.25) is 4.79 Å². The summed E-state index contributed by atoms with van der Waals surface area (Å²) in [5, 5.41) is 37.4. The number of rotatable bonds is 21. The van der Waals surface area contributed by atoms with E-state index in [0.717, 1.165) is 12.8 Å². The molecular formula is C23H46O6. The molecule has 0 aliphatic carbocycles.